The van der Waals surface area contributed by atoms with Crippen LogP contribution in [0.5, 0.6) is 0 Å². The summed E-state index contributed by atoms with van der Waals surface area (Å²) in [5.41, 5.74) is 0.878. The average molecular weight is 300 g/mol. The van der Waals surface area contributed by atoms with E-state index in [2.05, 4.69) is 10.2 Å². The molecule has 0 aromatic carbocycles. The summed E-state index contributed by atoms with van der Waals surface area (Å²) in [5.74, 6) is 0. The fraction of sp³-hybridized carbons (Fsp3) is 0.500. The quantitative estimate of drug-likeness (QED) is 0.634. The highest BCUT2D eigenvalue weighted by Crippen LogP contribution is 2.22. The first-order chi connectivity index (χ1) is 10.00. The monoisotopic (exact) mass is 300 g/mol. The van der Waals surface area contributed by atoms with Crippen LogP contribution in [0.1, 0.15) is 52.9 Å². The van der Waals surface area contributed by atoms with Crippen LogP contribution < -0.4 is 11.1 Å². The molecule has 0 amide bonds. The second-order valence-corrected chi connectivity index (χ2v) is 7.76. The van der Waals surface area contributed by atoms with E-state index >= 15 is 0 Å². The van der Waals surface area contributed by atoms with E-state index in [0.717, 1.165) is 0 Å². The summed E-state index contributed by atoms with van der Waals surface area (Å²) < 4.78 is 2.40. The summed E-state index contributed by atoms with van der Waals surface area (Å²) >= 11 is 0. The summed E-state index contributed by atoms with van der Waals surface area (Å²) in [7, 11) is 0. The van der Waals surface area contributed by atoms with Gasteiger partial charge in [0, 0.05) is 10.8 Å². The Hall–Kier alpha value is -2.24. The van der Waals surface area contributed by atoms with E-state index in [1.54, 1.807) is 12.1 Å². The topological polar surface area (TPSA) is 68.7 Å². The molecule has 116 valence electrons. The Kier molecular flexibility index (Phi) is 2.77. The highest BCUT2D eigenvalue weighted by Gasteiger charge is 2.24. The number of fused-ring (bicyclic) bond motifs is 2. The lowest BCUT2D eigenvalue weighted by Gasteiger charge is -2.13. The van der Waals surface area contributed by atoms with E-state index in [1.807, 2.05) is 41.5 Å². The maximum Gasteiger partial charge on any atom is 0.297 e. The third kappa shape index (κ3) is 2.01. The molecule has 0 fully saturated rings. The van der Waals surface area contributed by atoms with Crippen molar-refractivity contribution in [1.82, 2.24) is 19.2 Å². The molecule has 0 bridgehead atoms. The Morgan fingerprint density at radius 3 is 1.32 bits per heavy atom. The van der Waals surface area contributed by atoms with Crippen molar-refractivity contribution >= 4 is 11.0 Å². The van der Waals surface area contributed by atoms with Crippen LogP contribution in [-0.2, 0) is 10.8 Å². The van der Waals surface area contributed by atoms with Crippen molar-refractivity contribution in [3.63, 3.8) is 0 Å². The van der Waals surface area contributed by atoms with E-state index in [4.69, 9.17) is 0 Å². The first-order valence-electron chi connectivity index (χ1n) is 7.30. The molecule has 0 aliphatic rings. The average Bonchev–Trinajstić information content (AvgIpc) is 2.99. The molecule has 3 aromatic heterocycles. The van der Waals surface area contributed by atoms with Gasteiger partial charge in [0.1, 0.15) is 11.0 Å². The molecule has 0 unspecified atom stereocenters. The van der Waals surface area contributed by atoms with Gasteiger partial charge in [0.15, 0.2) is 0 Å². The van der Waals surface area contributed by atoms with Gasteiger partial charge >= 0.3 is 0 Å². The number of rotatable bonds is 0. The van der Waals surface area contributed by atoms with Gasteiger partial charge in [-0.05, 0) is 12.1 Å². The number of hydrogen-bond donors (Lipinski definition) is 0. The molecule has 3 aromatic rings. The molecule has 0 N–H and O–H groups in total. The van der Waals surface area contributed by atoms with Gasteiger partial charge in [0.05, 0.1) is 11.4 Å². The molecular formula is C16H20N4O2. The maximum atomic E-state index is 12.6. The zero-order valence-corrected chi connectivity index (χ0v) is 13.8. The molecular weight excluding hydrogens is 280 g/mol. The number of aromatic nitrogens is 4. The minimum atomic E-state index is -0.312. The van der Waals surface area contributed by atoms with Gasteiger partial charge in [0.2, 0.25) is 0 Å². The summed E-state index contributed by atoms with van der Waals surface area (Å²) in [5, 5.41) is 8.66. The lowest BCUT2D eigenvalue weighted by atomic mass is 9.92. The molecule has 0 saturated carbocycles. The van der Waals surface area contributed by atoms with E-state index in [-0.39, 0.29) is 33.0 Å². The van der Waals surface area contributed by atoms with Crippen LogP contribution in [0.3, 0.4) is 0 Å². The molecule has 0 aliphatic heterocycles. The maximum absolute atomic E-state index is 12.6. The first kappa shape index (κ1) is 14.7. The predicted octanol–water partition coefficient (Wildman–Crippen LogP) is 1.74. The van der Waals surface area contributed by atoms with Crippen LogP contribution in [0.15, 0.2) is 21.7 Å². The highest BCUT2D eigenvalue weighted by atomic mass is 16.2. The summed E-state index contributed by atoms with van der Waals surface area (Å²) in [6.45, 7) is 12.0. The number of hydrogen-bond acceptors (Lipinski definition) is 4. The molecule has 6 nitrogen and oxygen atoms in total. The highest BCUT2D eigenvalue weighted by molar-refractivity contribution is 5.55. The van der Waals surface area contributed by atoms with Crippen LogP contribution in [0.25, 0.3) is 11.0 Å². The third-order valence-corrected chi connectivity index (χ3v) is 3.78. The normalized spacial score (nSPS) is 13.4. The molecule has 0 atom stereocenters. The molecule has 0 spiro atoms. The van der Waals surface area contributed by atoms with Crippen molar-refractivity contribution in [2.45, 2.75) is 52.4 Å². The molecule has 22 heavy (non-hydrogen) atoms. The van der Waals surface area contributed by atoms with Crippen molar-refractivity contribution in [1.29, 1.82) is 0 Å². The summed E-state index contributed by atoms with van der Waals surface area (Å²) in [6, 6.07) is 3.36. The van der Waals surface area contributed by atoms with Crippen molar-refractivity contribution in [3.8, 4) is 0 Å². The van der Waals surface area contributed by atoms with Crippen LogP contribution in [0.4, 0.5) is 0 Å². The third-order valence-electron chi connectivity index (χ3n) is 3.78. The van der Waals surface area contributed by atoms with Gasteiger partial charge < -0.3 is 0 Å². The molecule has 6 heteroatoms. The Bertz CT molecular complexity index is 843. The first-order valence-corrected chi connectivity index (χ1v) is 7.30. The fourth-order valence-electron chi connectivity index (χ4n) is 2.33. The van der Waals surface area contributed by atoms with Gasteiger partial charge in [-0.3, -0.25) is 9.59 Å². The minimum Gasteiger partial charge on any atom is -0.265 e. The number of nitrogens with zero attached hydrogens (tertiary/aromatic N) is 4. The van der Waals surface area contributed by atoms with Crippen LogP contribution in [0.2, 0.25) is 0 Å². The predicted molar refractivity (Wildman–Crippen MR) is 85.1 cm³/mol. The Labute approximate surface area is 127 Å². The second-order valence-electron chi connectivity index (χ2n) is 7.76. The van der Waals surface area contributed by atoms with Crippen LogP contribution in [0, 0.1) is 0 Å². The van der Waals surface area contributed by atoms with E-state index in [0.29, 0.717) is 11.4 Å². The van der Waals surface area contributed by atoms with Crippen molar-refractivity contribution < 1.29 is 0 Å². The zero-order chi connectivity index (χ0) is 16.4. The Morgan fingerprint density at radius 1 is 0.727 bits per heavy atom. The lowest BCUT2D eigenvalue weighted by molar-refractivity contribution is 0.560. The standard InChI is InChI=1S/C16H20N4O2/c1-15(2,3)11-7-9-13(21)20-10(14(22)19(9)17-11)8-12(18-20)16(4,5)6/h7-8H,1-6H3. The fourth-order valence-corrected chi connectivity index (χ4v) is 2.33. The van der Waals surface area contributed by atoms with Crippen LogP contribution in [-0.4, -0.2) is 19.2 Å². The van der Waals surface area contributed by atoms with Gasteiger partial charge in [-0.1, -0.05) is 41.5 Å². The Balaban J connectivity index is 2.44. The van der Waals surface area contributed by atoms with Crippen LogP contribution >= 0.6 is 0 Å². The SMILES string of the molecule is CC(C)(C)c1cc2c(=O)n3nc(C(C)(C)C)cc3c(=O)n2n1. The minimum absolute atomic E-state index is 0.233. The zero-order valence-electron chi connectivity index (χ0n) is 13.8. The largest absolute Gasteiger partial charge is 0.297 e. The smallest absolute Gasteiger partial charge is 0.265 e. The van der Waals surface area contributed by atoms with Gasteiger partial charge in [-0.25, -0.2) is 0 Å². The lowest BCUT2D eigenvalue weighted by Crippen LogP contribution is -2.27. The van der Waals surface area contributed by atoms with Gasteiger partial charge in [-0.15, -0.1) is 0 Å². The Morgan fingerprint density at radius 2 is 1.05 bits per heavy atom. The van der Waals surface area contributed by atoms with Crippen molar-refractivity contribution in [3.05, 3.63) is 44.2 Å². The summed E-state index contributed by atoms with van der Waals surface area (Å²) in [4.78, 5) is 25.2. The van der Waals surface area contributed by atoms with E-state index < -0.39 is 0 Å². The van der Waals surface area contributed by atoms with Crippen molar-refractivity contribution in [2.24, 2.45) is 0 Å². The molecule has 0 aliphatic carbocycles. The van der Waals surface area contributed by atoms with E-state index in [9.17, 15) is 9.59 Å². The summed E-state index contributed by atoms with van der Waals surface area (Å²) in [6.07, 6.45) is 0. The molecule has 0 saturated heterocycles. The molecule has 3 heterocycles. The molecule has 3 rings (SSSR count). The van der Waals surface area contributed by atoms with Gasteiger partial charge in [-0.2, -0.15) is 19.2 Å². The van der Waals surface area contributed by atoms with E-state index in [1.165, 1.54) is 9.03 Å². The van der Waals surface area contributed by atoms with Crippen molar-refractivity contribution in [2.75, 3.05) is 0 Å². The molecule has 0 radical (unpaired) electrons. The van der Waals surface area contributed by atoms with Gasteiger partial charge in [0.25, 0.3) is 11.1 Å². The second kappa shape index (κ2) is 4.15.